The molecule has 0 saturated carbocycles. The van der Waals surface area contributed by atoms with Crippen molar-refractivity contribution in [2.45, 2.75) is 13.0 Å². The molecule has 1 heterocycles. The third kappa shape index (κ3) is 2.41. The van der Waals surface area contributed by atoms with Gasteiger partial charge in [0.2, 0.25) is 5.91 Å². The van der Waals surface area contributed by atoms with Gasteiger partial charge in [-0.25, -0.2) is 4.99 Å². The zero-order chi connectivity index (χ0) is 13.1. The van der Waals surface area contributed by atoms with Crippen molar-refractivity contribution in [3.63, 3.8) is 0 Å². The highest BCUT2D eigenvalue weighted by atomic mass is 32.2. The number of hydrogen-bond donors (Lipinski definition) is 2. The molecule has 3 N–H and O–H groups in total. The van der Waals surface area contributed by atoms with E-state index in [2.05, 4.69) is 10.3 Å². The molecule has 0 radical (unpaired) electrons. The van der Waals surface area contributed by atoms with Crippen molar-refractivity contribution in [2.24, 2.45) is 10.7 Å². The maximum absolute atomic E-state index is 11.6. The molecule has 5 heteroatoms. The minimum atomic E-state index is -0.433. The summed E-state index contributed by atoms with van der Waals surface area (Å²) in [5.41, 5.74) is 7.73. The number of nitrogens with zero attached hydrogens (tertiary/aromatic N) is 1. The molecule has 1 atom stereocenters. The summed E-state index contributed by atoms with van der Waals surface area (Å²) in [6.07, 6.45) is 1.94. The summed E-state index contributed by atoms with van der Waals surface area (Å²) < 4.78 is 0. The number of amidine groups is 1. The summed E-state index contributed by atoms with van der Waals surface area (Å²) in [4.78, 5) is 16.1. The van der Waals surface area contributed by atoms with Crippen molar-refractivity contribution in [1.82, 2.24) is 5.32 Å². The molecule has 94 valence electrons. The van der Waals surface area contributed by atoms with Crippen LogP contribution in [0.5, 0.6) is 0 Å². The highest BCUT2D eigenvalue weighted by Gasteiger charge is 2.27. The van der Waals surface area contributed by atoms with Crippen LogP contribution in [0.15, 0.2) is 46.6 Å². The number of allylic oxidation sites excluding steroid dienone is 1. The van der Waals surface area contributed by atoms with Gasteiger partial charge >= 0.3 is 0 Å². The average molecular weight is 261 g/mol. The first-order valence-electron chi connectivity index (χ1n) is 5.58. The predicted molar refractivity (Wildman–Crippen MR) is 75.2 cm³/mol. The zero-order valence-corrected chi connectivity index (χ0v) is 11.1. The first-order chi connectivity index (χ1) is 8.63. The monoisotopic (exact) mass is 261 g/mol. The molecule has 0 fully saturated rings. The predicted octanol–water partition coefficient (Wildman–Crippen LogP) is 1.81. The number of thioether (sulfide) groups is 1. The summed E-state index contributed by atoms with van der Waals surface area (Å²) in [6.45, 7) is 1.85. The minimum absolute atomic E-state index is 0.313. The number of primary amides is 1. The number of amides is 1. The quantitative estimate of drug-likeness (QED) is 0.853. The maximum Gasteiger partial charge on any atom is 0.248 e. The molecule has 0 aliphatic carbocycles. The molecule has 1 aromatic rings. The molecule has 1 aliphatic heterocycles. The lowest BCUT2D eigenvalue weighted by atomic mass is 9.96. The third-order valence-electron chi connectivity index (χ3n) is 2.79. The van der Waals surface area contributed by atoms with E-state index in [1.54, 1.807) is 0 Å². The molecular weight excluding hydrogens is 246 g/mol. The number of nitrogens with one attached hydrogen (secondary N) is 1. The molecule has 1 aromatic carbocycles. The van der Waals surface area contributed by atoms with Crippen LogP contribution in [0.3, 0.4) is 0 Å². The van der Waals surface area contributed by atoms with Crippen LogP contribution in [0.25, 0.3) is 0 Å². The Morgan fingerprint density at radius 1 is 1.39 bits per heavy atom. The van der Waals surface area contributed by atoms with Crippen molar-refractivity contribution in [2.75, 3.05) is 6.26 Å². The van der Waals surface area contributed by atoms with E-state index in [1.807, 2.05) is 43.5 Å². The summed E-state index contributed by atoms with van der Waals surface area (Å²) in [6, 6.07) is 9.39. The van der Waals surface area contributed by atoms with Crippen LogP contribution in [-0.4, -0.2) is 17.3 Å². The van der Waals surface area contributed by atoms with Gasteiger partial charge in [0.15, 0.2) is 5.17 Å². The van der Waals surface area contributed by atoms with Crippen LogP contribution < -0.4 is 11.1 Å². The molecular formula is C13H15N3OS. The van der Waals surface area contributed by atoms with Gasteiger partial charge in [0, 0.05) is 5.70 Å². The Hall–Kier alpha value is -1.75. The average Bonchev–Trinajstić information content (AvgIpc) is 2.38. The Kier molecular flexibility index (Phi) is 3.72. The molecule has 1 aliphatic rings. The van der Waals surface area contributed by atoms with Crippen LogP contribution in [0.4, 0.5) is 0 Å². The Morgan fingerprint density at radius 2 is 2.06 bits per heavy atom. The van der Waals surface area contributed by atoms with Gasteiger partial charge in [-0.3, -0.25) is 4.79 Å². The molecule has 1 unspecified atom stereocenters. The first kappa shape index (κ1) is 12.7. The fourth-order valence-corrected chi connectivity index (χ4v) is 2.41. The van der Waals surface area contributed by atoms with E-state index in [1.165, 1.54) is 11.8 Å². The summed E-state index contributed by atoms with van der Waals surface area (Å²) >= 11 is 1.51. The largest absolute Gasteiger partial charge is 0.366 e. The fourth-order valence-electron chi connectivity index (χ4n) is 1.95. The Labute approximate surface area is 110 Å². The van der Waals surface area contributed by atoms with E-state index in [-0.39, 0.29) is 6.04 Å². The van der Waals surface area contributed by atoms with Crippen molar-refractivity contribution in [3.05, 3.63) is 47.2 Å². The Morgan fingerprint density at radius 3 is 2.61 bits per heavy atom. The van der Waals surface area contributed by atoms with E-state index in [0.717, 1.165) is 16.4 Å². The number of rotatable bonds is 2. The molecule has 4 nitrogen and oxygen atoms in total. The van der Waals surface area contributed by atoms with Gasteiger partial charge in [-0.15, -0.1) is 0 Å². The van der Waals surface area contributed by atoms with Crippen LogP contribution in [-0.2, 0) is 4.79 Å². The smallest absolute Gasteiger partial charge is 0.248 e. The summed E-state index contributed by atoms with van der Waals surface area (Å²) in [5.74, 6) is -0.433. The lowest BCUT2D eigenvalue weighted by Gasteiger charge is -2.24. The number of hydrogen-bond acceptors (Lipinski definition) is 4. The minimum Gasteiger partial charge on any atom is -0.366 e. The normalized spacial score (nSPS) is 19.2. The van der Waals surface area contributed by atoms with E-state index in [0.29, 0.717) is 5.57 Å². The van der Waals surface area contributed by atoms with Crippen molar-refractivity contribution < 1.29 is 4.79 Å². The molecule has 0 aromatic heterocycles. The molecule has 0 saturated heterocycles. The number of carbonyl (C=O) groups is 1. The van der Waals surface area contributed by atoms with Crippen LogP contribution in [0.1, 0.15) is 18.5 Å². The second kappa shape index (κ2) is 5.27. The van der Waals surface area contributed by atoms with E-state index in [4.69, 9.17) is 5.73 Å². The van der Waals surface area contributed by atoms with Gasteiger partial charge in [0.1, 0.15) is 6.04 Å². The number of nitrogens with two attached hydrogens (primary N) is 1. The van der Waals surface area contributed by atoms with E-state index in [9.17, 15) is 4.79 Å². The first-order valence-corrected chi connectivity index (χ1v) is 6.80. The number of carbonyl (C=O) groups excluding carboxylic acids is 1. The topological polar surface area (TPSA) is 67.5 Å². The van der Waals surface area contributed by atoms with Gasteiger partial charge in [0.25, 0.3) is 0 Å². The molecule has 18 heavy (non-hydrogen) atoms. The fraction of sp³-hybridized carbons (Fsp3) is 0.231. The van der Waals surface area contributed by atoms with Gasteiger partial charge in [0.05, 0.1) is 5.57 Å². The highest BCUT2D eigenvalue weighted by molar-refractivity contribution is 8.13. The summed E-state index contributed by atoms with van der Waals surface area (Å²) in [7, 11) is 0. The highest BCUT2D eigenvalue weighted by Crippen LogP contribution is 2.31. The van der Waals surface area contributed by atoms with Gasteiger partial charge in [-0.1, -0.05) is 42.1 Å². The standard InChI is InChI=1S/C13H15N3OS/c1-8-10(12(14)17)11(16-13(15-8)18-2)9-6-4-3-5-7-9/h3-7,11H,1-2H3,(H2,14,17)(H,15,16). The molecule has 0 spiro atoms. The molecule has 1 amide bonds. The second-order valence-electron chi connectivity index (χ2n) is 3.98. The van der Waals surface area contributed by atoms with Crippen LogP contribution >= 0.6 is 11.8 Å². The van der Waals surface area contributed by atoms with Gasteiger partial charge in [-0.05, 0) is 18.7 Å². The van der Waals surface area contributed by atoms with Gasteiger partial charge < -0.3 is 11.1 Å². The Bertz CT molecular complexity index is 522. The van der Waals surface area contributed by atoms with Crippen LogP contribution in [0, 0.1) is 0 Å². The van der Waals surface area contributed by atoms with Crippen molar-refractivity contribution in [1.29, 1.82) is 0 Å². The Balaban J connectivity index is 2.48. The van der Waals surface area contributed by atoms with E-state index < -0.39 is 5.91 Å². The lowest BCUT2D eigenvalue weighted by Crippen LogP contribution is -2.32. The maximum atomic E-state index is 11.6. The summed E-state index contributed by atoms with van der Waals surface area (Å²) in [5, 5.41) is 3.89. The lowest BCUT2D eigenvalue weighted by molar-refractivity contribution is -0.114. The SMILES string of the molecule is CSC1=NC(c2ccccc2)C(C(N)=O)=C(C)N1. The molecule has 2 rings (SSSR count). The second-order valence-corrected chi connectivity index (χ2v) is 4.77. The number of benzene rings is 1. The van der Waals surface area contributed by atoms with E-state index >= 15 is 0 Å². The number of aliphatic imine (C=N–C) groups is 1. The zero-order valence-electron chi connectivity index (χ0n) is 10.3. The third-order valence-corrected chi connectivity index (χ3v) is 3.39. The van der Waals surface area contributed by atoms with Crippen LogP contribution in [0.2, 0.25) is 0 Å². The molecule has 0 bridgehead atoms. The van der Waals surface area contributed by atoms with Crippen molar-refractivity contribution in [3.8, 4) is 0 Å². The van der Waals surface area contributed by atoms with Gasteiger partial charge in [-0.2, -0.15) is 0 Å². The van der Waals surface area contributed by atoms with Crippen molar-refractivity contribution >= 4 is 22.8 Å².